The second-order valence-electron chi connectivity index (χ2n) is 8.41. The zero-order chi connectivity index (χ0) is 20.0. The van der Waals surface area contributed by atoms with E-state index in [1.807, 2.05) is 29.8 Å². The molecule has 5 heteroatoms. The van der Waals surface area contributed by atoms with E-state index in [-0.39, 0.29) is 5.82 Å². The highest BCUT2D eigenvalue weighted by Gasteiger charge is 2.29. The predicted molar refractivity (Wildman–Crippen MR) is 113 cm³/mol. The van der Waals surface area contributed by atoms with Gasteiger partial charge in [0.25, 0.3) is 0 Å². The van der Waals surface area contributed by atoms with Crippen molar-refractivity contribution in [2.75, 3.05) is 0 Å². The molecule has 0 bridgehead atoms. The molecule has 1 aliphatic carbocycles. The van der Waals surface area contributed by atoms with Crippen molar-refractivity contribution >= 4 is 16.6 Å². The maximum absolute atomic E-state index is 13.8. The Morgan fingerprint density at radius 1 is 1.07 bits per heavy atom. The molecule has 5 rings (SSSR count). The summed E-state index contributed by atoms with van der Waals surface area (Å²) in [6, 6.07) is 11.0. The lowest BCUT2D eigenvalue weighted by molar-refractivity contribution is 0.289. The fourth-order valence-electron chi connectivity index (χ4n) is 4.88. The fraction of sp³-hybridized carbons (Fsp3) is 0.375. The summed E-state index contributed by atoms with van der Waals surface area (Å²) < 4.78 is 15.7. The Balaban J connectivity index is 1.34. The third-order valence-corrected chi connectivity index (χ3v) is 6.59. The maximum Gasteiger partial charge on any atom is 0.153 e. The number of pyridine rings is 1. The lowest BCUT2D eigenvalue weighted by atomic mass is 9.73. The van der Waals surface area contributed by atoms with E-state index in [0.717, 1.165) is 53.6 Å². The number of hydrogen-bond donors (Lipinski definition) is 0. The van der Waals surface area contributed by atoms with Gasteiger partial charge in [0, 0.05) is 17.5 Å². The summed E-state index contributed by atoms with van der Waals surface area (Å²) in [5, 5.41) is 5.49. The van der Waals surface area contributed by atoms with Crippen LogP contribution in [0.15, 0.2) is 48.8 Å². The van der Waals surface area contributed by atoms with Crippen LogP contribution in [0.4, 0.5) is 4.39 Å². The van der Waals surface area contributed by atoms with E-state index in [0.29, 0.717) is 17.8 Å². The highest BCUT2D eigenvalue weighted by Crippen LogP contribution is 2.43. The molecule has 29 heavy (non-hydrogen) atoms. The largest absolute Gasteiger partial charge is 0.256 e. The van der Waals surface area contributed by atoms with Crippen molar-refractivity contribution in [2.45, 2.75) is 51.4 Å². The van der Waals surface area contributed by atoms with Gasteiger partial charge in [0.1, 0.15) is 5.82 Å². The van der Waals surface area contributed by atoms with Crippen LogP contribution in [0.3, 0.4) is 0 Å². The summed E-state index contributed by atoms with van der Waals surface area (Å²) in [4.78, 5) is 9.21. The second kappa shape index (κ2) is 7.21. The van der Waals surface area contributed by atoms with E-state index >= 15 is 0 Å². The summed E-state index contributed by atoms with van der Waals surface area (Å²) in [5.41, 5.74) is 5.16. The van der Waals surface area contributed by atoms with Gasteiger partial charge < -0.3 is 0 Å². The van der Waals surface area contributed by atoms with Crippen molar-refractivity contribution < 1.29 is 4.39 Å². The molecule has 0 spiro atoms. The minimum absolute atomic E-state index is 0.190. The van der Waals surface area contributed by atoms with E-state index in [4.69, 9.17) is 4.98 Å². The molecule has 0 radical (unpaired) electrons. The molecule has 0 unspecified atom stereocenters. The number of imidazole rings is 1. The topological polar surface area (TPSA) is 43.1 Å². The van der Waals surface area contributed by atoms with Crippen LogP contribution in [0, 0.1) is 18.7 Å². The van der Waals surface area contributed by atoms with Crippen molar-refractivity contribution in [3.8, 4) is 0 Å². The van der Waals surface area contributed by atoms with Gasteiger partial charge in [-0.05, 0) is 86.4 Å². The van der Waals surface area contributed by atoms with Gasteiger partial charge >= 0.3 is 0 Å². The predicted octanol–water partition coefficient (Wildman–Crippen LogP) is 5.80. The van der Waals surface area contributed by atoms with Gasteiger partial charge in [0.05, 0.1) is 23.1 Å². The first kappa shape index (κ1) is 18.2. The molecule has 4 aromatic rings. The first-order valence-corrected chi connectivity index (χ1v) is 10.5. The Morgan fingerprint density at radius 3 is 2.72 bits per heavy atom. The summed E-state index contributed by atoms with van der Waals surface area (Å²) in [5.74, 6) is 1.30. The maximum atomic E-state index is 13.8. The molecular weight excluding hydrogens is 363 g/mol. The lowest BCUT2D eigenvalue weighted by Crippen LogP contribution is -2.18. The van der Waals surface area contributed by atoms with Crippen molar-refractivity contribution in [3.05, 3.63) is 71.6 Å². The van der Waals surface area contributed by atoms with Crippen molar-refractivity contribution in [1.29, 1.82) is 0 Å². The quantitative estimate of drug-likeness (QED) is 0.445. The highest BCUT2D eigenvalue weighted by atomic mass is 19.1. The number of benzene rings is 1. The zero-order valence-electron chi connectivity index (χ0n) is 16.8. The van der Waals surface area contributed by atoms with Crippen molar-refractivity contribution in [2.24, 2.45) is 5.92 Å². The number of halogens is 1. The third-order valence-electron chi connectivity index (χ3n) is 6.59. The summed E-state index contributed by atoms with van der Waals surface area (Å²) >= 11 is 0. The van der Waals surface area contributed by atoms with Gasteiger partial charge in [0.2, 0.25) is 0 Å². The van der Waals surface area contributed by atoms with Gasteiger partial charge in [0.15, 0.2) is 5.65 Å². The summed E-state index contributed by atoms with van der Waals surface area (Å²) in [6.45, 7) is 4.29. The van der Waals surface area contributed by atoms with E-state index in [9.17, 15) is 4.39 Å². The minimum atomic E-state index is -0.190. The van der Waals surface area contributed by atoms with Gasteiger partial charge in [-0.3, -0.25) is 4.98 Å². The average molecular weight is 388 g/mol. The van der Waals surface area contributed by atoms with Gasteiger partial charge in [-0.1, -0.05) is 6.92 Å². The molecule has 0 aliphatic heterocycles. The van der Waals surface area contributed by atoms with E-state index in [2.05, 4.69) is 29.3 Å². The van der Waals surface area contributed by atoms with Crippen molar-refractivity contribution in [1.82, 2.24) is 19.6 Å². The number of fused-ring (bicyclic) bond motifs is 2. The van der Waals surface area contributed by atoms with Crippen LogP contribution >= 0.6 is 0 Å². The first-order chi connectivity index (χ1) is 14.1. The molecule has 0 saturated heterocycles. The third kappa shape index (κ3) is 3.39. The molecule has 0 amide bonds. The molecule has 4 nitrogen and oxygen atoms in total. The smallest absolute Gasteiger partial charge is 0.153 e. The molecule has 1 aliphatic rings. The molecule has 1 fully saturated rings. The minimum Gasteiger partial charge on any atom is -0.256 e. The summed E-state index contributed by atoms with van der Waals surface area (Å²) in [6.07, 6.45) is 8.50. The Kier molecular flexibility index (Phi) is 4.53. The van der Waals surface area contributed by atoms with E-state index in [1.54, 1.807) is 12.1 Å². The monoisotopic (exact) mass is 388 g/mol. The van der Waals surface area contributed by atoms with Gasteiger partial charge in [-0.15, -0.1) is 0 Å². The Morgan fingerprint density at radius 2 is 1.90 bits per heavy atom. The van der Waals surface area contributed by atoms with Crippen LogP contribution < -0.4 is 0 Å². The molecule has 1 aromatic carbocycles. The van der Waals surface area contributed by atoms with E-state index < -0.39 is 0 Å². The van der Waals surface area contributed by atoms with Crippen LogP contribution in [0.5, 0.6) is 0 Å². The zero-order valence-corrected chi connectivity index (χ0v) is 16.8. The molecule has 3 aromatic heterocycles. The number of rotatable bonds is 3. The van der Waals surface area contributed by atoms with Crippen LogP contribution in [0.2, 0.25) is 0 Å². The fourth-order valence-corrected chi connectivity index (χ4v) is 4.88. The molecule has 0 N–H and O–H groups in total. The Bertz CT molecular complexity index is 1170. The number of aryl methyl sites for hydroxylation is 1. The molecule has 3 heterocycles. The van der Waals surface area contributed by atoms with Gasteiger partial charge in [-0.25, -0.2) is 13.9 Å². The lowest BCUT2D eigenvalue weighted by Gasteiger charge is -2.32. The number of hydrogen-bond acceptors (Lipinski definition) is 3. The van der Waals surface area contributed by atoms with Gasteiger partial charge in [-0.2, -0.15) is 5.10 Å². The second-order valence-corrected chi connectivity index (χ2v) is 8.41. The average Bonchev–Trinajstić information content (AvgIpc) is 3.16. The molecular formula is C24H25FN4. The van der Waals surface area contributed by atoms with Crippen LogP contribution in [0.25, 0.3) is 16.6 Å². The van der Waals surface area contributed by atoms with Crippen LogP contribution in [-0.4, -0.2) is 19.6 Å². The molecule has 1 saturated carbocycles. The first-order valence-electron chi connectivity index (χ1n) is 10.5. The Labute approximate surface area is 169 Å². The number of aromatic nitrogens is 4. The van der Waals surface area contributed by atoms with E-state index in [1.165, 1.54) is 11.6 Å². The molecule has 148 valence electrons. The number of nitrogens with zero attached hydrogens (tertiary/aromatic N) is 4. The Hall–Kier alpha value is -2.82. The summed E-state index contributed by atoms with van der Waals surface area (Å²) in [7, 11) is 0. The normalized spacial score (nSPS) is 20.9. The van der Waals surface area contributed by atoms with Crippen LogP contribution in [-0.2, 0) is 0 Å². The van der Waals surface area contributed by atoms with Crippen LogP contribution in [0.1, 0.15) is 61.4 Å². The molecule has 1 atom stereocenters. The highest BCUT2D eigenvalue weighted by molar-refractivity contribution is 5.82. The SMILES string of the molecule is Cc1ccc2nc([C@H](C)C3CCC(c4ccnc5ccc(F)cc45)CC3)cn2n1. The van der Waals surface area contributed by atoms with Crippen molar-refractivity contribution in [3.63, 3.8) is 0 Å². The standard InChI is InChI=1S/C24H25FN4/c1-15-3-10-24-27-23(14-29(24)28-15)16(2)17-4-6-18(7-5-17)20-11-12-26-22-9-8-19(25)13-21(20)22/h3,8-14,16-18H,4-7H2,1-2H3/t16-,17?,18?/m1/s1.